The van der Waals surface area contributed by atoms with Gasteiger partial charge < -0.3 is 9.50 Å². The highest BCUT2D eigenvalue weighted by molar-refractivity contribution is 7.75. The van der Waals surface area contributed by atoms with Gasteiger partial charge in [-0.05, 0) is 45.0 Å². The second kappa shape index (κ2) is 7.54. The molecule has 3 nitrogen and oxygen atoms in total. The standard InChI is InChI=1S/C6H7NOS.C5H11N/c1-5-2-3-6(8-9)4-7-5;1-2-4-6-5-3-1/h2-4,9H,1H3;6H,1-5H2. The molecule has 15 heavy (non-hydrogen) atoms. The summed E-state index contributed by atoms with van der Waals surface area (Å²) < 4.78 is 4.60. The highest BCUT2D eigenvalue weighted by Gasteiger charge is 1.93. The van der Waals surface area contributed by atoms with E-state index in [4.69, 9.17) is 0 Å². The molecule has 2 heterocycles. The van der Waals surface area contributed by atoms with Gasteiger partial charge in [0.05, 0.1) is 6.20 Å². The van der Waals surface area contributed by atoms with Crippen molar-refractivity contribution in [2.45, 2.75) is 26.2 Å². The Morgan fingerprint density at radius 2 is 2.00 bits per heavy atom. The van der Waals surface area contributed by atoms with Crippen LogP contribution in [-0.4, -0.2) is 18.1 Å². The predicted molar refractivity (Wildman–Crippen MR) is 65.3 cm³/mol. The van der Waals surface area contributed by atoms with Crippen molar-refractivity contribution in [2.75, 3.05) is 13.1 Å². The summed E-state index contributed by atoms with van der Waals surface area (Å²) >= 11 is 3.60. The first-order valence-electron chi connectivity index (χ1n) is 5.27. The van der Waals surface area contributed by atoms with Crippen LogP contribution in [0.3, 0.4) is 0 Å². The van der Waals surface area contributed by atoms with Crippen LogP contribution in [0, 0.1) is 6.92 Å². The van der Waals surface area contributed by atoms with Crippen LogP contribution in [0.5, 0.6) is 5.75 Å². The maximum Gasteiger partial charge on any atom is 0.155 e. The van der Waals surface area contributed by atoms with Crippen LogP contribution in [0.15, 0.2) is 18.3 Å². The Kier molecular flexibility index (Phi) is 6.20. The molecule has 84 valence electrons. The van der Waals surface area contributed by atoms with Crippen molar-refractivity contribution in [2.24, 2.45) is 0 Å². The summed E-state index contributed by atoms with van der Waals surface area (Å²) in [6, 6.07) is 3.68. The second-order valence-electron chi connectivity index (χ2n) is 3.54. The van der Waals surface area contributed by atoms with E-state index in [1.54, 1.807) is 6.20 Å². The number of piperidine rings is 1. The largest absolute Gasteiger partial charge is 0.427 e. The highest BCUT2D eigenvalue weighted by atomic mass is 32.1. The number of nitrogens with zero attached hydrogens (tertiary/aromatic N) is 1. The quantitative estimate of drug-likeness (QED) is 0.570. The lowest BCUT2D eigenvalue weighted by atomic mass is 10.2. The van der Waals surface area contributed by atoms with E-state index in [1.807, 2.05) is 19.1 Å². The number of hydrogen-bond donors (Lipinski definition) is 2. The molecule has 1 aromatic heterocycles. The summed E-state index contributed by atoms with van der Waals surface area (Å²) in [4.78, 5) is 3.98. The number of hydrogen-bond acceptors (Lipinski definition) is 4. The monoisotopic (exact) mass is 226 g/mol. The third-order valence-electron chi connectivity index (χ3n) is 2.20. The second-order valence-corrected chi connectivity index (χ2v) is 3.72. The summed E-state index contributed by atoms with van der Waals surface area (Å²) in [6.45, 7) is 4.42. The lowest BCUT2D eigenvalue weighted by Crippen LogP contribution is -2.21. The molecule has 0 unspecified atom stereocenters. The Balaban J connectivity index is 0.000000162. The summed E-state index contributed by atoms with van der Waals surface area (Å²) in [5, 5.41) is 3.28. The van der Waals surface area contributed by atoms with Gasteiger partial charge in [-0.3, -0.25) is 4.98 Å². The average molecular weight is 226 g/mol. The fourth-order valence-electron chi connectivity index (χ4n) is 1.31. The zero-order valence-electron chi connectivity index (χ0n) is 9.07. The van der Waals surface area contributed by atoms with Crippen LogP contribution < -0.4 is 9.50 Å². The fourth-order valence-corrected chi connectivity index (χ4v) is 1.42. The van der Waals surface area contributed by atoms with E-state index < -0.39 is 0 Å². The first-order valence-corrected chi connectivity index (χ1v) is 5.64. The van der Waals surface area contributed by atoms with Crippen LogP contribution in [-0.2, 0) is 0 Å². The Morgan fingerprint density at radius 3 is 2.33 bits per heavy atom. The van der Waals surface area contributed by atoms with Gasteiger partial charge in [0.2, 0.25) is 0 Å². The molecule has 0 radical (unpaired) electrons. The van der Waals surface area contributed by atoms with Gasteiger partial charge in [0, 0.05) is 18.6 Å². The van der Waals surface area contributed by atoms with Gasteiger partial charge in [-0.25, -0.2) is 0 Å². The van der Waals surface area contributed by atoms with Gasteiger partial charge in [-0.15, -0.1) is 0 Å². The molecule has 1 aliphatic heterocycles. The topological polar surface area (TPSA) is 34.1 Å². The minimum atomic E-state index is 0.670. The van der Waals surface area contributed by atoms with Crippen molar-refractivity contribution >= 4 is 12.9 Å². The van der Waals surface area contributed by atoms with Crippen molar-refractivity contribution < 1.29 is 4.18 Å². The molecule has 1 aromatic rings. The smallest absolute Gasteiger partial charge is 0.155 e. The van der Waals surface area contributed by atoms with Crippen molar-refractivity contribution in [3.05, 3.63) is 24.0 Å². The van der Waals surface area contributed by atoms with Crippen molar-refractivity contribution in [1.82, 2.24) is 10.3 Å². The average Bonchev–Trinajstić information content (AvgIpc) is 2.33. The molecule has 0 aromatic carbocycles. The molecule has 0 atom stereocenters. The number of rotatable bonds is 1. The molecule has 1 saturated heterocycles. The SMILES string of the molecule is C1CCNCC1.Cc1ccc(OS)cn1. The molecule has 0 saturated carbocycles. The van der Waals surface area contributed by atoms with E-state index in [0.29, 0.717) is 5.75 Å². The van der Waals surface area contributed by atoms with Crippen LogP contribution in [0.2, 0.25) is 0 Å². The zero-order chi connectivity index (χ0) is 10.9. The maximum absolute atomic E-state index is 4.60. The van der Waals surface area contributed by atoms with Crippen LogP contribution >= 0.6 is 12.9 Å². The Hall–Kier alpha value is -0.740. The normalized spacial score (nSPS) is 15.1. The molecular formula is C11H18N2OS. The number of nitrogens with one attached hydrogen (secondary N) is 1. The van der Waals surface area contributed by atoms with E-state index in [2.05, 4.69) is 27.4 Å². The van der Waals surface area contributed by atoms with Crippen LogP contribution in [0.1, 0.15) is 25.0 Å². The highest BCUT2D eigenvalue weighted by Crippen LogP contribution is 2.08. The molecule has 0 aliphatic carbocycles. The van der Waals surface area contributed by atoms with Crippen LogP contribution in [0.25, 0.3) is 0 Å². The fraction of sp³-hybridized carbons (Fsp3) is 0.545. The van der Waals surface area contributed by atoms with E-state index in [0.717, 1.165) is 5.69 Å². The van der Waals surface area contributed by atoms with E-state index >= 15 is 0 Å². The Bertz CT molecular complexity index is 248. The van der Waals surface area contributed by atoms with Crippen molar-refractivity contribution in [1.29, 1.82) is 0 Å². The van der Waals surface area contributed by atoms with E-state index in [9.17, 15) is 0 Å². The molecule has 1 N–H and O–H groups in total. The minimum absolute atomic E-state index is 0.670. The van der Waals surface area contributed by atoms with Gasteiger partial charge in [-0.2, -0.15) is 0 Å². The molecule has 0 bridgehead atoms. The van der Waals surface area contributed by atoms with E-state index in [1.165, 1.54) is 32.4 Å². The Morgan fingerprint density at radius 1 is 1.27 bits per heavy atom. The lowest BCUT2D eigenvalue weighted by molar-refractivity contribution is 0.520. The van der Waals surface area contributed by atoms with Crippen LogP contribution in [0.4, 0.5) is 0 Å². The summed E-state index contributed by atoms with van der Waals surface area (Å²) in [5.74, 6) is 0.670. The van der Waals surface area contributed by atoms with Crippen molar-refractivity contribution in [3.8, 4) is 5.75 Å². The predicted octanol–water partition coefficient (Wildman–Crippen LogP) is 2.37. The van der Waals surface area contributed by atoms with Gasteiger partial charge in [0.1, 0.15) is 0 Å². The number of aromatic nitrogens is 1. The van der Waals surface area contributed by atoms with Crippen molar-refractivity contribution in [3.63, 3.8) is 0 Å². The summed E-state index contributed by atoms with van der Waals surface area (Å²) in [7, 11) is 0. The summed E-state index contributed by atoms with van der Waals surface area (Å²) in [5.41, 5.74) is 0.976. The van der Waals surface area contributed by atoms with Gasteiger partial charge >= 0.3 is 0 Å². The first kappa shape index (κ1) is 12.3. The third kappa shape index (κ3) is 5.64. The Labute approximate surface area is 96.9 Å². The number of aryl methyl sites for hydroxylation is 1. The first-order chi connectivity index (χ1) is 7.33. The maximum atomic E-state index is 4.60. The van der Waals surface area contributed by atoms with E-state index in [-0.39, 0.29) is 0 Å². The zero-order valence-corrected chi connectivity index (χ0v) is 9.96. The van der Waals surface area contributed by atoms with Gasteiger partial charge in [-0.1, -0.05) is 6.42 Å². The number of pyridine rings is 1. The molecule has 1 aliphatic rings. The summed E-state index contributed by atoms with van der Waals surface area (Å²) in [6.07, 6.45) is 5.84. The number of thiol groups is 1. The molecule has 4 heteroatoms. The third-order valence-corrected chi connectivity index (χ3v) is 2.41. The molecule has 0 amide bonds. The molecular weight excluding hydrogens is 208 g/mol. The lowest BCUT2D eigenvalue weighted by Gasteiger charge is -2.08. The van der Waals surface area contributed by atoms with Gasteiger partial charge in [0.15, 0.2) is 5.75 Å². The minimum Gasteiger partial charge on any atom is -0.427 e. The van der Waals surface area contributed by atoms with Gasteiger partial charge in [0.25, 0.3) is 0 Å². The molecule has 1 fully saturated rings. The molecule has 0 spiro atoms. The molecule has 2 rings (SSSR count).